The molecular weight excluding hydrogens is 640 g/mol. The molecule has 0 fully saturated rings. The molecule has 0 saturated carbocycles. The number of esters is 1. The van der Waals surface area contributed by atoms with Crippen molar-refractivity contribution >= 4 is 39.3 Å². The average molecular weight is 670 g/mol. The van der Waals surface area contributed by atoms with Gasteiger partial charge in [0.1, 0.15) is 5.75 Å². The molecule has 8 nitrogen and oxygen atoms in total. The van der Waals surface area contributed by atoms with Gasteiger partial charge < -0.3 is 9.47 Å². The maximum Gasteiger partial charge on any atom is 0.338 e. The van der Waals surface area contributed by atoms with Crippen LogP contribution in [0.3, 0.4) is 0 Å². The van der Waals surface area contributed by atoms with Crippen LogP contribution in [0.2, 0.25) is 0 Å². The van der Waals surface area contributed by atoms with Crippen molar-refractivity contribution in [3.05, 3.63) is 132 Å². The van der Waals surface area contributed by atoms with Crippen molar-refractivity contribution in [1.82, 2.24) is 14.3 Å². The number of fused-ring (bicyclic) bond motifs is 1. The second-order valence-electron chi connectivity index (χ2n) is 10.5. The second-order valence-corrected chi connectivity index (χ2v) is 12.5. The average Bonchev–Trinajstić information content (AvgIpc) is 3.57. The van der Waals surface area contributed by atoms with Gasteiger partial charge in [-0.15, -0.1) is 0 Å². The van der Waals surface area contributed by atoms with Gasteiger partial charge in [0.05, 0.1) is 46.4 Å². The van der Waals surface area contributed by atoms with Crippen LogP contribution in [0, 0.1) is 0 Å². The topological polar surface area (TPSA) is 87.7 Å². The van der Waals surface area contributed by atoms with E-state index in [0.29, 0.717) is 26.4 Å². The van der Waals surface area contributed by atoms with Crippen LogP contribution in [0.25, 0.3) is 23.0 Å². The Morgan fingerprint density at radius 1 is 1.02 bits per heavy atom. The third-order valence-electron chi connectivity index (χ3n) is 7.18. The molecular formula is C34H29BrN4O4S. The maximum absolute atomic E-state index is 14.2. The van der Waals surface area contributed by atoms with Crippen LogP contribution >= 0.6 is 27.3 Å². The number of para-hydroxylation sites is 1. The highest BCUT2D eigenvalue weighted by Gasteiger charge is 2.34. The molecule has 44 heavy (non-hydrogen) atoms. The first-order valence-electron chi connectivity index (χ1n) is 14.0. The molecule has 1 aliphatic rings. The summed E-state index contributed by atoms with van der Waals surface area (Å²) in [6, 6.07) is 24.3. The number of aromatic nitrogens is 3. The number of thiazole rings is 1. The van der Waals surface area contributed by atoms with E-state index < -0.39 is 12.0 Å². The van der Waals surface area contributed by atoms with Crippen molar-refractivity contribution in [2.45, 2.75) is 32.9 Å². The zero-order valence-electron chi connectivity index (χ0n) is 24.5. The summed E-state index contributed by atoms with van der Waals surface area (Å²) in [5.74, 6) is 0.169. The van der Waals surface area contributed by atoms with E-state index in [1.807, 2.05) is 95.8 Å². The first-order valence-corrected chi connectivity index (χ1v) is 15.6. The minimum Gasteiger partial charge on any atom is -0.497 e. The van der Waals surface area contributed by atoms with Crippen molar-refractivity contribution in [2.24, 2.45) is 4.99 Å². The molecule has 0 saturated heterocycles. The molecule has 0 spiro atoms. The number of hydrogen-bond acceptors (Lipinski definition) is 7. The first kappa shape index (κ1) is 29.5. The Balaban J connectivity index is 1.55. The van der Waals surface area contributed by atoms with Crippen molar-refractivity contribution < 1.29 is 14.3 Å². The lowest BCUT2D eigenvalue weighted by molar-refractivity contribution is -0.143. The van der Waals surface area contributed by atoms with Gasteiger partial charge in [-0.2, -0.15) is 5.10 Å². The molecule has 10 heteroatoms. The highest BCUT2D eigenvalue weighted by molar-refractivity contribution is 9.10. The quantitative estimate of drug-likeness (QED) is 0.204. The zero-order chi connectivity index (χ0) is 31.0. The Kier molecular flexibility index (Phi) is 8.20. The summed E-state index contributed by atoms with van der Waals surface area (Å²) in [6.45, 7) is 5.37. The zero-order valence-corrected chi connectivity index (χ0v) is 26.9. The number of methoxy groups -OCH3 is 1. The van der Waals surface area contributed by atoms with Gasteiger partial charge in [-0.3, -0.25) is 9.36 Å². The first-order chi connectivity index (χ1) is 21.2. The third-order valence-corrected chi connectivity index (χ3v) is 8.70. The van der Waals surface area contributed by atoms with Gasteiger partial charge >= 0.3 is 5.97 Å². The van der Waals surface area contributed by atoms with Crippen LogP contribution in [-0.4, -0.2) is 33.5 Å². The molecule has 2 aromatic heterocycles. The smallest absolute Gasteiger partial charge is 0.338 e. The summed E-state index contributed by atoms with van der Waals surface area (Å²) in [4.78, 5) is 32.9. The number of ether oxygens (including phenoxy) is 2. The molecule has 3 heterocycles. The highest BCUT2D eigenvalue weighted by Crippen LogP contribution is 2.32. The number of carbonyl (C=O) groups is 1. The molecule has 0 aliphatic carbocycles. The van der Waals surface area contributed by atoms with Crippen molar-refractivity contribution in [3.63, 3.8) is 0 Å². The number of rotatable bonds is 7. The van der Waals surface area contributed by atoms with Crippen molar-refractivity contribution in [2.75, 3.05) is 7.11 Å². The normalized spacial score (nSPS) is 14.9. The largest absolute Gasteiger partial charge is 0.497 e. The number of benzene rings is 3. The fraction of sp³-hybridized carbons (Fsp3) is 0.176. The molecule has 1 atom stereocenters. The van der Waals surface area contributed by atoms with Crippen LogP contribution in [-0.2, 0) is 9.53 Å². The maximum atomic E-state index is 14.2. The van der Waals surface area contributed by atoms with E-state index in [1.54, 1.807) is 32.4 Å². The lowest BCUT2D eigenvalue weighted by Gasteiger charge is -2.25. The Bertz CT molecular complexity index is 2060. The molecule has 0 N–H and O–H groups in total. The summed E-state index contributed by atoms with van der Waals surface area (Å²) in [6.07, 6.45) is 3.44. The lowest BCUT2D eigenvalue weighted by atomic mass is 9.96. The van der Waals surface area contributed by atoms with Gasteiger partial charge in [0, 0.05) is 21.8 Å². The van der Waals surface area contributed by atoms with Gasteiger partial charge in [0.25, 0.3) is 5.56 Å². The number of allylic oxidation sites excluding steroid dienone is 1. The van der Waals surface area contributed by atoms with E-state index in [9.17, 15) is 9.59 Å². The predicted molar refractivity (Wildman–Crippen MR) is 175 cm³/mol. The van der Waals surface area contributed by atoms with E-state index >= 15 is 0 Å². The van der Waals surface area contributed by atoms with Crippen LogP contribution in [0.15, 0.2) is 111 Å². The van der Waals surface area contributed by atoms with E-state index in [0.717, 1.165) is 32.5 Å². The molecule has 1 aliphatic heterocycles. The van der Waals surface area contributed by atoms with Crippen LogP contribution in [0.4, 0.5) is 0 Å². The Labute approximate surface area is 266 Å². The molecule has 5 aromatic rings. The summed E-state index contributed by atoms with van der Waals surface area (Å²) < 4.78 is 15.8. The van der Waals surface area contributed by atoms with E-state index in [-0.39, 0.29) is 11.7 Å². The molecule has 6 rings (SSSR count). The van der Waals surface area contributed by atoms with Gasteiger partial charge in [0.2, 0.25) is 0 Å². The molecule has 0 radical (unpaired) electrons. The van der Waals surface area contributed by atoms with Crippen LogP contribution < -0.4 is 19.6 Å². The molecule has 3 aromatic carbocycles. The Hall–Kier alpha value is -4.54. The van der Waals surface area contributed by atoms with Gasteiger partial charge in [0.15, 0.2) is 4.80 Å². The molecule has 0 unspecified atom stereocenters. The summed E-state index contributed by atoms with van der Waals surface area (Å²) in [5, 5.41) is 4.90. The highest BCUT2D eigenvalue weighted by atomic mass is 79.9. The van der Waals surface area contributed by atoms with Gasteiger partial charge in [-0.05, 0) is 68.8 Å². The van der Waals surface area contributed by atoms with E-state index in [4.69, 9.17) is 19.6 Å². The predicted octanol–water partition coefficient (Wildman–Crippen LogP) is 5.81. The minimum atomic E-state index is -0.719. The van der Waals surface area contributed by atoms with Crippen molar-refractivity contribution in [3.8, 4) is 22.7 Å². The number of halogens is 1. The third kappa shape index (κ3) is 5.70. The van der Waals surface area contributed by atoms with Crippen LogP contribution in [0.1, 0.15) is 37.9 Å². The molecule has 0 bridgehead atoms. The summed E-state index contributed by atoms with van der Waals surface area (Å²) >= 11 is 4.79. The van der Waals surface area contributed by atoms with Crippen LogP contribution in [0.5, 0.6) is 5.75 Å². The van der Waals surface area contributed by atoms with Gasteiger partial charge in [-0.1, -0.05) is 69.7 Å². The van der Waals surface area contributed by atoms with Gasteiger partial charge in [-0.25, -0.2) is 14.5 Å². The number of carbonyl (C=O) groups excluding carboxylic acids is 1. The van der Waals surface area contributed by atoms with Crippen molar-refractivity contribution in [1.29, 1.82) is 0 Å². The SMILES string of the molecule is COc1ccc([C@@H]2C(C(=O)OC(C)C)=C(C)N=c3s/c(=C/c4cn(-c5ccccc5)nc4-c4ccc(Br)cc4)c(=O)n32)cc1. The number of hydrogen-bond donors (Lipinski definition) is 0. The fourth-order valence-corrected chi connectivity index (χ4v) is 6.44. The summed E-state index contributed by atoms with van der Waals surface area (Å²) in [5.41, 5.74) is 4.64. The Morgan fingerprint density at radius 3 is 2.39 bits per heavy atom. The number of nitrogens with zero attached hydrogens (tertiary/aromatic N) is 4. The van der Waals surface area contributed by atoms with E-state index in [2.05, 4.69) is 15.9 Å². The lowest BCUT2D eigenvalue weighted by Crippen LogP contribution is -2.40. The molecule has 222 valence electrons. The monoisotopic (exact) mass is 668 g/mol. The fourth-order valence-electron chi connectivity index (χ4n) is 5.14. The standard InChI is InChI=1S/C34H29BrN4O4S/c1-20(2)43-33(41)29-21(3)36-34-39(31(29)23-12-16-27(42-4)17-13-23)32(40)28(44-34)18-24-19-38(26-8-6-5-7-9-26)37-30(24)22-10-14-25(35)15-11-22/h5-20,31H,1-4H3/b28-18+/t31-/m1/s1. The Morgan fingerprint density at radius 2 is 1.73 bits per heavy atom. The molecule has 0 amide bonds. The van der Waals surface area contributed by atoms with E-state index in [1.165, 1.54) is 11.3 Å². The minimum absolute atomic E-state index is 0.258. The second kappa shape index (κ2) is 12.2. The summed E-state index contributed by atoms with van der Waals surface area (Å²) in [7, 11) is 1.59.